The van der Waals surface area contributed by atoms with Crippen molar-refractivity contribution in [1.29, 1.82) is 0 Å². The Morgan fingerprint density at radius 2 is 1.88 bits per heavy atom. The largest absolute Gasteiger partial charge is 0.493 e. The summed E-state index contributed by atoms with van der Waals surface area (Å²) in [6, 6.07) is 15.5. The molecule has 33 heavy (non-hydrogen) atoms. The number of hydrogen-bond donors (Lipinski definition) is 1. The van der Waals surface area contributed by atoms with Gasteiger partial charge in [0.25, 0.3) is 5.56 Å². The highest BCUT2D eigenvalue weighted by Crippen LogP contribution is 2.30. The lowest BCUT2D eigenvalue weighted by Gasteiger charge is -2.15. The topological polar surface area (TPSA) is 95.3 Å². The molecule has 0 saturated heterocycles. The highest BCUT2D eigenvalue weighted by atomic mass is 35.5. The summed E-state index contributed by atoms with van der Waals surface area (Å²) in [6.45, 7) is 0. The van der Waals surface area contributed by atoms with Crippen molar-refractivity contribution in [3.63, 3.8) is 0 Å². The van der Waals surface area contributed by atoms with E-state index in [4.69, 9.17) is 21.1 Å². The number of methoxy groups -OCH3 is 2. The lowest BCUT2D eigenvalue weighted by atomic mass is 10.2. The number of amides is 1. The van der Waals surface area contributed by atoms with E-state index in [0.717, 1.165) is 11.8 Å². The minimum absolute atomic E-state index is 0.00327. The first-order valence-corrected chi connectivity index (χ1v) is 11.2. The van der Waals surface area contributed by atoms with E-state index in [1.807, 2.05) is 0 Å². The third kappa shape index (κ3) is 4.79. The monoisotopic (exact) mass is 482 g/mol. The number of nitrogens with zero attached hydrogens (tertiary/aromatic N) is 3. The van der Waals surface area contributed by atoms with Crippen LogP contribution in [0.15, 0.2) is 70.7 Å². The number of hydrogen-bond acceptors (Lipinski definition) is 7. The number of fused-ring (bicyclic) bond motifs is 1. The minimum Gasteiger partial charge on any atom is -0.493 e. The molecule has 0 unspecified atom stereocenters. The van der Waals surface area contributed by atoms with E-state index < -0.39 is 0 Å². The minimum atomic E-state index is -0.309. The number of carbonyl (C=O) groups is 1. The van der Waals surface area contributed by atoms with Gasteiger partial charge in [0.2, 0.25) is 5.91 Å². The van der Waals surface area contributed by atoms with Crippen molar-refractivity contribution in [2.24, 2.45) is 0 Å². The van der Waals surface area contributed by atoms with Crippen LogP contribution in [0.2, 0.25) is 5.15 Å². The first-order valence-electron chi connectivity index (χ1n) is 9.79. The summed E-state index contributed by atoms with van der Waals surface area (Å²) in [5, 5.41) is 3.74. The first kappa shape index (κ1) is 22.6. The van der Waals surface area contributed by atoms with Gasteiger partial charge in [-0.25, -0.2) is 9.97 Å². The van der Waals surface area contributed by atoms with Crippen LogP contribution in [0.5, 0.6) is 11.5 Å². The summed E-state index contributed by atoms with van der Waals surface area (Å²) in [6.07, 6.45) is 1.54. The second kappa shape index (κ2) is 9.93. The Balaban J connectivity index is 1.72. The summed E-state index contributed by atoms with van der Waals surface area (Å²) < 4.78 is 12.1. The van der Waals surface area contributed by atoms with Crippen molar-refractivity contribution >= 4 is 45.9 Å². The Labute approximate surface area is 198 Å². The molecule has 0 aliphatic heterocycles. The molecule has 1 amide bonds. The van der Waals surface area contributed by atoms with Crippen molar-refractivity contribution in [1.82, 2.24) is 14.5 Å². The predicted molar refractivity (Wildman–Crippen MR) is 129 cm³/mol. The van der Waals surface area contributed by atoms with Crippen molar-refractivity contribution < 1.29 is 14.3 Å². The van der Waals surface area contributed by atoms with E-state index in [-0.39, 0.29) is 22.4 Å². The van der Waals surface area contributed by atoms with Crippen LogP contribution >= 0.6 is 23.4 Å². The smallest absolute Gasteiger partial charge is 0.266 e. The van der Waals surface area contributed by atoms with Gasteiger partial charge >= 0.3 is 0 Å². The van der Waals surface area contributed by atoms with Gasteiger partial charge in [0.1, 0.15) is 0 Å². The van der Waals surface area contributed by atoms with E-state index in [2.05, 4.69) is 15.3 Å². The van der Waals surface area contributed by atoms with Gasteiger partial charge in [-0.3, -0.25) is 14.2 Å². The summed E-state index contributed by atoms with van der Waals surface area (Å²) in [4.78, 5) is 34.5. The summed E-state index contributed by atoms with van der Waals surface area (Å²) >= 11 is 7.15. The molecule has 1 N–H and O–H groups in total. The third-order valence-electron chi connectivity index (χ3n) is 4.74. The van der Waals surface area contributed by atoms with Crippen molar-refractivity contribution in [2.45, 2.75) is 5.16 Å². The zero-order valence-corrected chi connectivity index (χ0v) is 19.3. The highest BCUT2D eigenvalue weighted by molar-refractivity contribution is 7.99. The summed E-state index contributed by atoms with van der Waals surface area (Å²) in [7, 11) is 3.06. The fourth-order valence-corrected chi connectivity index (χ4v) is 4.18. The molecule has 2 heterocycles. The number of benzene rings is 2. The number of rotatable bonds is 7. The molecule has 4 aromatic rings. The fraction of sp³-hybridized carbons (Fsp3) is 0.130. The van der Waals surface area contributed by atoms with Gasteiger partial charge in [0.05, 0.1) is 42.3 Å². The number of nitrogens with one attached hydrogen (secondary N) is 1. The number of pyridine rings is 1. The standard InChI is InChI=1S/C23H19ClN4O4S/c1-31-18-10-9-14(12-19(18)32-2)28-22(30)15-6-3-4-7-16(15)27-23(28)33-13-20(29)26-17-8-5-11-25-21(17)24/h3-12H,13H2,1-2H3,(H,26,29). The maximum Gasteiger partial charge on any atom is 0.266 e. The molecule has 0 bridgehead atoms. The number of anilines is 1. The zero-order valence-electron chi connectivity index (χ0n) is 17.7. The van der Waals surface area contributed by atoms with Crippen LogP contribution in [-0.2, 0) is 4.79 Å². The van der Waals surface area contributed by atoms with Crippen molar-refractivity contribution in [2.75, 3.05) is 25.3 Å². The van der Waals surface area contributed by atoms with E-state index in [1.165, 1.54) is 25.0 Å². The molecular formula is C23H19ClN4O4S. The number of thioether (sulfide) groups is 1. The molecule has 0 atom stereocenters. The second-order valence-corrected chi connectivity index (χ2v) is 8.07. The van der Waals surface area contributed by atoms with E-state index >= 15 is 0 Å². The molecule has 10 heteroatoms. The maximum atomic E-state index is 13.4. The molecule has 0 saturated carbocycles. The Morgan fingerprint density at radius 3 is 2.64 bits per heavy atom. The zero-order chi connectivity index (χ0) is 23.4. The average molecular weight is 483 g/mol. The van der Waals surface area contributed by atoms with Crippen LogP contribution in [0.4, 0.5) is 5.69 Å². The number of aromatic nitrogens is 3. The Bertz CT molecular complexity index is 1390. The first-order chi connectivity index (χ1) is 16.0. The molecular weight excluding hydrogens is 464 g/mol. The number of halogens is 1. The summed E-state index contributed by atoms with van der Waals surface area (Å²) in [5.41, 5.74) is 1.23. The molecule has 8 nitrogen and oxygen atoms in total. The number of ether oxygens (including phenoxy) is 2. The van der Waals surface area contributed by atoms with E-state index in [9.17, 15) is 9.59 Å². The molecule has 0 spiro atoms. The third-order valence-corrected chi connectivity index (χ3v) is 5.98. The number of carbonyl (C=O) groups excluding carboxylic acids is 1. The predicted octanol–water partition coefficient (Wildman–Crippen LogP) is 4.18. The molecule has 0 fully saturated rings. The lowest BCUT2D eigenvalue weighted by Crippen LogP contribution is -2.23. The fourth-order valence-electron chi connectivity index (χ4n) is 3.20. The molecule has 2 aromatic carbocycles. The van der Waals surface area contributed by atoms with Crippen LogP contribution in [0, 0.1) is 0 Å². The van der Waals surface area contributed by atoms with Crippen LogP contribution in [-0.4, -0.2) is 40.4 Å². The van der Waals surface area contributed by atoms with Gasteiger partial charge in [-0.2, -0.15) is 0 Å². The van der Waals surface area contributed by atoms with Crippen LogP contribution in [0.3, 0.4) is 0 Å². The maximum absolute atomic E-state index is 13.4. The van der Waals surface area contributed by atoms with Crippen LogP contribution < -0.4 is 20.3 Å². The SMILES string of the molecule is COc1ccc(-n2c(SCC(=O)Nc3cccnc3Cl)nc3ccccc3c2=O)cc1OC. The Kier molecular flexibility index (Phi) is 6.81. The van der Waals surface area contributed by atoms with Gasteiger partial charge in [0, 0.05) is 12.3 Å². The van der Waals surface area contributed by atoms with Gasteiger partial charge in [-0.15, -0.1) is 0 Å². The Hall–Kier alpha value is -3.56. The normalized spacial score (nSPS) is 10.8. The van der Waals surface area contributed by atoms with E-state index in [0.29, 0.717) is 38.9 Å². The molecule has 4 rings (SSSR count). The van der Waals surface area contributed by atoms with Crippen molar-refractivity contribution in [3.05, 3.63) is 76.3 Å². The van der Waals surface area contributed by atoms with Gasteiger partial charge in [-0.05, 0) is 36.4 Å². The van der Waals surface area contributed by atoms with Gasteiger partial charge < -0.3 is 14.8 Å². The van der Waals surface area contributed by atoms with Crippen LogP contribution in [0.1, 0.15) is 0 Å². The second-order valence-electron chi connectivity index (χ2n) is 6.77. The van der Waals surface area contributed by atoms with Crippen LogP contribution in [0.25, 0.3) is 16.6 Å². The summed E-state index contributed by atoms with van der Waals surface area (Å²) in [5.74, 6) is 0.694. The van der Waals surface area contributed by atoms with Gasteiger partial charge in [-0.1, -0.05) is 35.5 Å². The molecule has 0 aliphatic carbocycles. The Morgan fingerprint density at radius 1 is 1.09 bits per heavy atom. The molecule has 168 valence electrons. The lowest BCUT2D eigenvalue weighted by molar-refractivity contribution is -0.113. The molecule has 2 aromatic heterocycles. The van der Waals surface area contributed by atoms with E-state index in [1.54, 1.807) is 54.6 Å². The van der Waals surface area contributed by atoms with Crippen molar-refractivity contribution in [3.8, 4) is 17.2 Å². The molecule has 0 radical (unpaired) electrons. The van der Waals surface area contributed by atoms with Gasteiger partial charge in [0.15, 0.2) is 21.8 Å². The highest BCUT2D eigenvalue weighted by Gasteiger charge is 2.17. The quantitative estimate of drug-likeness (QED) is 0.240. The average Bonchev–Trinajstić information content (AvgIpc) is 2.84. The molecule has 0 aliphatic rings. The number of para-hydroxylation sites is 1.